The van der Waals surface area contributed by atoms with E-state index in [0.29, 0.717) is 73.7 Å². The molecule has 0 bridgehead atoms. The molecule has 244 valence electrons. The number of halogens is 3. The zero-order chi connectivity index (χ0) is 32.8. The minimum Gasteiger partial charge on any atom is -0.494 e. The molecule has 46 heavy (non-hydrogen) atoms. The van der Waals surface area contributed by atoms with Crippen LogP contribution in [-0.4, -0.2) is 89.1 Å². The number of carbonyl (C=O) groups is 1. The van der Waals surface area contributed by atoms with Crippen LogP contribution in [0.3, 0.4) is 0 Å². The van der Waals surface area contributed by atoms with Crippen molar-refractivity contribution in [1.29, 1.82) is 0 Å². The zero-order valence-electron chi connectivity index (χ0n) is 25.5. The van der Waals surface area contributed by atoms with Crippen molar-refractivity contribution in [2.75, 3.05) is 48.8 Å². The lowest BCUT2D eigenvalue weighted by Gasteiger charge is -2.41. The highest BCUT2D eigenvalue weighted by Crippen LogP contribution is 2.38. The zero-order valence-corrected chi connectivity index (χ0v) is 26.3. The molecule has 1 amide bonds. The van der Waals surface area contributed by atoms with E-state index in [4.69, 9.17) is 0 Å². The van der Waals surface area contributed by atoms with E-state index < -0.39 is 26.8 Å². The highest BCUT2D eigenvalue weighted by atomic mass is 32.2. The number of hydrogen-bond donors (Lipinski definition) is 1. The minimum absolute atomic E-state index is 0.0243. The molecule has 0 spiro atoms. The highest BCUT2D eigenvalue weighted by Gasteiger charge is 2.34. The van der Waals surface area contributed by atoms with E-state index in [0.717, 1.165) is 17.5 Å². The van der Waals surface area contributed by atoms with Gasteiger partial charge < -0.3 is 24.4 Å². The lowest BCUT2D eigenvalue weighted by molar-refractivity contribution is -0.137. The summed E-state index contributed by atoms with van der Waals surface area (Å²) in [4.78, 5) is 27.8. The summed E-state index contributed by atoms with van der Waals surface area (Å²) in [6, 6.07) is 10.7. The van der Waals surface area contributed by atoms with Crippen LogP contribution in [0.2, 0.25) is 0 Å². The molecule has 1 N–H and O–H groups in total. The summed E-state index contributed by atoms with van der Waals surface area (Å²) in [6.07, 6.45) is 2.34. The number of carbonyl (C=O) groups excluding carboxylic acids is 1. The molecule has 2 aromatic heterocycles. The first-order valence-electron chi connectivity index (χ1n) is 15.1. The molecule has 4 aromatic rings. The van der Waals surface area contributed by atoms with Gasteiger partial charge >= 0.3 is 6.18 Å². The van der Waals surface area contributed by atoms with Gasteiger partial charge in [0.1, 0.15) is 16.4 Å². The number of amides is 1. The smallest absolute Gasteiger partial charge is 0.416 e. The molecule has 1 unspecified atom stereocenters. The fourth-order valence-electron chi connectivity index (χ4n) is 6.43. The van der Waals surface area contributed by atoms with Crippen LogP contribution in [0.25, 0.3) is 21.9 Å². The van der Waals surface area contributed by atoms with Crippen LogP contribution >= 0.6 is 0 Å². The van der Waals surface area contributed by atoms with Crippen molar-refractivity contribution in [3.63, 3.8) is 0 Å². The number of rotatable bonds is 6. The third kappa shape index (κ3) is 6.35. The van der Waals surface area contributed by atoms with E-state index in [2.05, 4.69) is 9.97 Å². The Bertz CT molecular complexity index is 1850. The van der Waals surface area contributed by atoms with Crippen LogP contribution in [-0.2, 0) is 27.4 Å². The van der Waals surface area contributed by atoms with Crippen LogP contribution in [0.5, 0.6) is 5.88 Å². The first kappa shape index (κ1) is 31.6. The summed E-state index contributed by atoms with van der Waals surface area (Å²) in [6.45, 7) is 3.91. The van der Waals surface area contributed by atoms with E-state index in [9.17, 15) is 31.5 Å². The van der Waals surface area contributed by atoms with E-state index in [-0.39, 0.29) is 24.4 Å². The van der Waals surface area contributed by atoms with Gasteiger partial charge in [0.25, 0.3) is 0 Å². The third-order valence-electron chi connectivity index (χ3n) is 8.97. The fraction of sp³-hybridized carbons (Fsp3) is 0.406. The summed E-state index contributed by atoms with van der Waals surface area (Å²) in [7, 11) is -3.14. The number of fused-ring (bicyclic) bond motifs is 1. The van der Waals surface area contributed by atoms with Gasteiger partial charge in [-0.05, 0) is 44.0 Å². The van der Waals surface area contributed by atoms with Gasteiger partial charge in [0.05, 0.1) is 10.8 Å². The maximum absolute atomic E-state index is 13.8. The maximum atomic E-state index is 13.8. The van der Waals surface area contributed by atoms with Gasteiger partial charge in [-0.25, -0.2) is 18.4 Å². The highest BCUT2D eigenvalue weighted by molar-refractivity contribution is 7.91. The normalized spacial score (nSPS) is 18.4. The van der Waals surface area contributed by atoms with Crippen molar-refractivity contribution in [2.45, 2.75) is 43.8 Å². The predicted molar refractivity (Wildman–Crippen MR) is 170 cm³/mol. The van der Waals surface area contributed by atoms with E-state index in [1.165, 1.54) is 29.3 Å². The molecule has 2 aliphatic heterocycles. The predicted octanol–water partition coefficient (Wildman–Crippen LogP) is 4.57. The van der Waals surface area contributed by atoms with Crippen LogP contribution in [0.4, 0.5) is 24.8 Å². The molecule has 2 aromatic carbocycles. The number of aromatic nitrogens is 3. The molecule has 14 heteroatoms. The van der Waals surface area contributed by atoms with Crippen LogP contribution in [0.1, 0.15) is 25.3 Å². The molecule has 4 heterocycles. The summed E-state index contributed by atoms with van der Waals surface area (Å²) in [5.41, 5.74) is 0.524. The topological polar surface area (TPSA) is 112 Å². The average molecular weight is 657 g/mol. The molecule has 0 radical (unpaired) electrons. The van der Waals surface area contributed by atoms with Gasteiger partial charge in [0.2, 0.25) is 11.9 Å². The standard InChI is InChI=1S/C32H35F3N6O4S/c1-21-18-39(13-14-41(21)29(42)20-40-19-22-5-3-4-6-26(22)30(40)43)28-8-7-24(32(33,34)35)15-27(28)23-16-36-31(37-17-23)38-11-9-25(10-12-38)46(2,44)45/h3-8,15-17,19,21,25,43H,9-14,18,20H2,1-2H3. The van der Waals surface area contributed by atoms with E-state index in [1.54, 1.807) is 17.2 Å². The Morgan fingerprint density at radius 1 is 1.00 bits per heavy atom. The number of alkyl halides is 3. The maximum Gasteiger partial charge on any atom is 0.416 e. The quantitative estimate of drug-likeness (QED) is 0.321. The molecule has 2 fully saturated rings. The van der Waals surface area contributed by atoms with Gasteiger partial charge in [0.15, 0.2) is 5.88 Å². The molecule has 2 aliphatic rings. The minimum atomic E-state index is -4.55. The third-order valence-corrected chi connectivity index (χ3v) is 10.6. The number of aromatic hydroxyl groups is 1. The molecule has 10 nitrogen and oxygen atoms in total. The summed E-state index contributed by atoms with van der Waals surface area (Å²) in [5.74, 6) is 0.253. The summed E-state index contributed by atoms with van der Waals surface area (Å²) >= 11 is 0. The first-order valence-corrected chi connectivity index (χ1v) is 17.0. The summed E-state index contributed by atoms with van der Waals surface area (Å²) < 4.78 is 66.8. The van der Waals surface area contributed by atoms with E-state index >= 15 is 0 Å². The van der Waals surface area contributed by atoms with Crippen molar-refractivity contribution in [1.82, 2.24) is 19.4 Å². The Morgan fingerprint density at radius 2 is 1.70 bits per heavy atom. The number of piperazine rings is 1. The molecular weight excluding hydrogens is 621 g/mol. The molecule has 0 saturated carbocycles. The van der Waals surface area contributed by atoms with Crippen molar-refractivity contribution in [3.8, 4) is 17.0 Å². The SMILES string of the molecule is CC1CN(c2ccc(C(F)(F)F)cc2-c2cnc(N3CCC(S(C)(=O)=O)CC3)nc2)CCN1C(=O)Cn1cc2ccccc2c1O. The second-order valence-electron chi connectivity index (χ2n) is 12.1. The van der Waals surface area contributed by atoms with Gasteiger partial charge in [-0.3, -0.25) is 4.79 Å². The Kier molecular flexibility index (Phi) is 8.34. The van der Waals surface area contributed by atoms with E-state index in [1.807, 2.05) is 34.9 Å². The van der Waals surface area contributed by atoms with Crippen molar-refractivity contribution >= 4 is 38.2 Å². The van der Waals surface area contributed by atoms with Crippen LogP contribution < -0.4 is 9.80 Å². The molecule has 1 atom stereocenters. The lowest BCUT2D eigenvalue weighted by Crippen LogP contribution is -2.54. The molecular formula is C32H35F3N6O4S. The first-order chi connectivity index (χ1) is 21.8. The fourth-order valence-corrected chi connectivity index (χ4v) is 7.49. The van der Waals surface area contributed by atoms with Crippen molar-refractivity contribution < 1.29 is 31.5 Å². The lowest BCUT2D eigenvalue weighted by atomic mass is 10.0. The van der Waals surface area contributed by atoms with Crippen LogP contribution in [0, 0.1) is 0 Å². The number of anilines is 2. The van der Waals surface area contributed by atoms with Crippen LogP contribution in [0.15, 0.2) is 61.1 Å². The van der Waals surface area contributed by atoms with Crippen molar-refractivity contribution in [2.24, 2.45) is 0 Å². The number of benzene rings is 2. The molecule has 6 rings (SSSR count). The number of hydrogen-bond acceptors (Lipinski definition) is 8. The van der Waals surface area contributed by atoms with Crippen molar-refractivity contribution in [3.05, 3.63) is 66.6 Å². The van der Waals surface area contributed by atoms with Gasteiger partial charge in [0, 0.05) is 91.2 Å². The number of piperidine rings is 1. The second-order valence-corrected chi connectivity index (χ2v) is 14.4. The Morgan fingerprint density at radius 3 is 2.33 bits per heavy atom. The number of sulfone groups is 1. The largest absolute Gasteiger partial charge is 0.494 e. The van der Waals surface area contributed by atoms with Gasteiger partial charge in [-0.1, -0.05) is 18.2 Å². The van der Waals surface area contributed by atoms with Gasteiger partial charge in [-0.15, -0.1) is 0 Å². The summed E-state index contributed by atoms with van der Waals surface area (Å²) in [5, 5.41) is 11.7. The Hall–Kier alpha value is -4.33. The second kappa shape index (κ2) is 12.1. The monoisotopic (exact) mass is 656 g/mol. The molecule has 0 aliphatic carbocycles. The van der Waals surface area contributed by atoms with Gasteiger partial charge in [-0.2, -0.15) is 13.2 Å². The molecule has 2 saturated heterocycles. The number of nitrogens with zero attached hydrogens (tertiary/aromatic N) is 6. The average Bonchev–Trinajstić information content (AvgIpc) is 3.34. The Balaban J connectivity index is 1.20. The Labute approximate surface area is 265 Å².